The molecule has 0 saturated carbocycles. The molecule has 0 spiro atoms. The van der Waals surface area contributed by atoms with Crippen molar-refractivity contribution in [3.8, 4) is 11.4 Å². The van der Waals surface area contributed by atoms with Crippen molar-refractivity contribution >= 4 is 11.6 Å². The minimum atomic E-state index is 0.429. The Balaban J connectivity index is 2.22. The van der Waals surface area contributed by atoms with Crippen molar-refractivity contribution in [3.05, 3.63) is 36.4 Å². The molecule has 2 aromatic rings. The van der Waals surface area contributed by atoms with Crippen LogP contribution in [-0.4, -0.2) is 48.6 Å². The lowest BCUT2D eigenvalue weighted by molar-refractivity contribution is 0.326. The minimum absolute atomic E-state index is 0.429. The second-order valence-corrected chi connectivity index (χ2v) is 5.27. The average molecular weight is 285 g/mol. The SMILES string of the molecule is CNc1cc(NCC(C)N(C)C)nc(-c2ccccc2)n1. The van der Waals surface area contributed by atoms with Gasteiger partial charge in [0.15, 0.2) is 5.82 Å². The fourth-order valence-electron chi connectivity index (χ4n) is 1.82. The van der Waals surface area contributed by atoms with Crippen LogP contribution < -0.4 is 10.6 Å². The summed E-state index contributed by atoms with van der Waals surface area (Å²) >= 11 is 0. The number of anilines is 2. The largest absolute Gasteiger partial charge is 0.373 e. The Labute approximate surface area is 126 Å². The molecule has 1 atom stereocenters. The smallest absolute Gasteiger partial charge is 0.163 e. The summed E-state index contributed by atoms with van der Waals surface area (Å²) in [6, 6.07) is 12.4. The fraction of sp³-hybridized carbons (Fsp3) is 0.375. The van der Waals surface area contributed by atoms with Crippen LogP contribution in [0.1, 0.15) is 6.92 Å². The van der Waals surface area contributed by atoms with Gasteiger partial charge in [0.2, 0.25) is 0 Å². The molecule has 2 rings (SSSR count). The van der Waals surface area contributed by atoms with Crippen LogP contribution in [0.15, 0.2) is 36.4 Å². The van der Waals surface area contributed by atoms with Gasteiger partial charge >= 0.3 is 0 Å². The van der Waals surface area contributed by atoms with E-state index in [1.54, 1.807) is 0 Å². The molecule has 0 aliphatic carbocycles. The van der Waals surface area contributed by atoms with E-state index in [4.69, 9.17) is 0 Å². The molecule has 112 valence electrons. The van der Waals surface area contributed by atoms with Gasteiger partial charge in [-0.2, -0.15) is 0 Å². The molecule has 2 N–H and O–H groups in total. The molecule has 1 heterocycles. The van der Waals surface area contributed by atoms with Gasteiger partial charge in [0.1, 0.15) is 11.6 Å². The zero-order valence-corrected chi connectivity index (χ0v) is 13.1. The van der Waals surface area contributed by atoms with Crippen molar-refractivity contribution in [1.82, 2.24) is 14.9 Å². The monoisotopic (exact) mass is 285 g/mol. The number of likely N-dealkylation sites (N-methyl/N-ethyl adjacent to an activating group) is 1. The van der Waals surface area contributed by atoms with E-state index < -0.39 is 0 Å². The average Bonchev–Trinajstić information content (AvgIpc) is 2.52. The third-order valence-corrected chi connectivity index (χ3v) is 3.47. The maximum absolute atomic E-state index is 4.60. The van der Waals surface area contributed by atoms with Gasteiger partial charge in [0.05, 0.1) is 0 Å². The van der Waals surface area contributed by atoms with Crippen LogP contribution in [0.5, 0.6) is 0 Å². The number of hydrogen-bond acceptors (Lipinski definition) is 5. The molecule has 1 aromatic carbocycles. The highest BCUT2D eigenvalue weighted by Crippen LogP contribution is 2.19. The van der Waals surface area contributed by atoms with Crippen molar-refractivity contribution in [2.75, 3.05) is 38.3 Å². The molecule has 0 amide bonds. The van der Waals surface area contributed by atoms with Crippen LogP contribution in [0, 0.1) is 0 Å². The summed E-state index contributed by atoms with van der Waals surface area (Å²) in [4.78, 5) is 11.3. The van der Waals surface area contributed by atoms with Crippen molar-refractivity contribution < 1.29 is 0 Å². The van der Waals surface area contributed by atoms with Gasteiger partial charge in [-0.1, -0.05) is 30.3 Å². The first-order chi connectivity index (χ1) is 10.1. The van der Waals surface area contributed by atoms with E-state index in [1.165, 1.54) is 0 Å². The lowest BCUT2D eigenvalue weighted by Crippen LogP contribution is -2.31. The number of hydrogen-bond donors (Lipinski definition) is 2. The summed E-state index contributed by atoms with van der Waals surface area (Å²) in [6.45, 7) is 3.01. The second-order valence-electron chi connectivity index (χ2n) is 5.27. The Hall–Kier alpha value is -2.14. The molecule has 1 unspecified atom stereocenters. The molecule has 0 aliphatic heterocycles. The number of benzene rings is 1. The molecular formula is C16H23N5. The van der Waals surface area contributed by atoms with Crippen molar-refractivity contribution in [1.29, 1.82) is 0 Å². The van der Waals surface area contributed by atoms with E-state index in [-0.39, 0.29) is 0 Å². The van der Waals surface area contributed by atoms with Gasteiger partial charge in [0.25, 0.3) is 0 Å². The first kappa shape index (κ1) is 15.3. The van der Waals surface area contributed by atoms with Gasteiger partial charge in [-0.25, -0.2) is 9.97 Å². The van der Waals surface area contributed by atoms with E-state index in [9.17, 15) is 0 Å². The molecule has 0 fully saturated rings. The third kappa shape index (κ3) is 4.16. The molecule has 1 aromatic heterocycles. The van der Waals surface area contributed by atoms with Crippen LogP contribution in [0.2, 0.25) is 0 Å². The Kier molecular flexibility index (Phi) is 5.11. The fourth-order valence-corrected chi connectivity index (χ4v) is 1.82. The number of aromatic nitrogens is 2. The molecule has 0 radical (unpaired) electrons. The first-order valence-electron chi connectivity index (χ1n) is 7.12. The Morgan fingerprint density at radius 2 is 1.76 bits per heavy atom. The lowest BCUT2D eigenvalue weighted by atomic mass is 10.2. The quantitative estimate of drug-likeness (QED) is 0.854. The predicted molar refractivity (Wildman–Crippen MR) is 88.7 cm³/mol. The van der Waals surface area contributed by atoms with Gasteiger partial charge in [-0.15, -0.1) is 0 Å². The van der Waals surface area contributed by atoms with Crippen LogP contribution in [0.3, 0.4) is 0 Å². The first-order valence-corrected chi connectivity index (χ1v) is 7.12. The van der Waals surface area contributed by atoms with Crippen molar-refractivity contribution in [3.63, 3.8) is 0 Å². The zero-order chi connectivity index (χ0) is 15.2. The minimum Gasteiger partial charge on any atom is -0.373 e. The molecular weight excluding hydrogens is 262 g/mol. The van der Waals surface area contributed by atoms with Gasteiger partial charge in [-0.3, -0.25) is 0 Å². The summed E-state index contributed by atoms with van der Waals surface area (Å²) in [5.74, 6) is 2.37. The Morgan fingerprint density at radius 1 is 1.10 bits per heavy atom. The van der Waals surface area contributed by atoms with Crippen molar-refractivity contribution in [2.24, 2.45) is 0 Å². The van der Waals surface area contributed by atoms with E-state index in [0.717, 1.165) is 29.6 Å². The Morgan fingerprint density at radius 3 is 2.38 bits per heavy atom. The molecule has 0 aliphatic rings. The summed E-state index contributed by atoms with van der Waals surface area (Å²) < 4.78 is 0. The van der Waals surface area contributed by atoms with Gasteiger partial charge < -0.3 is 15.5 Å². The van der Waals surface area contributed by atoms with Crippen LogP contribution >= 0.6 is 0 Å². The van der Waals surface area contributed by atoms with E-state index in [1.807, 2.05) is 43.4 Å². The van der Waals surface area contributed by atoms with E-state index in [2.05, 4.69) is 46.5 Å². The third-order valence-electron chi connectivity index (χ3n) is 3.47. The second kappa shape index (κ2) is 7.04. The van der Waals surface area contributed by atoms with Gasteiger partial charge in [0, 0.05) is 31.3 Å². The highest BCUT2D eigenvalue weighted by Gasteiger charge is 2.08. The molecule has 5 nitrogen and oxygen atoms in total. The highest BCUT2D eigenvalue weighted by atomic mass is 15.1. The molecule has 0 bridgehead atoms. The van der Waals surface area contributed by atoms with Crippen LogP contribution in [0.25, 0.3) is 11.4 Å². The zero-order valence-electron chi connectivity index (χ0n) is 13.1. The summed E-state index contributed by atoms with van der Waals surface area (Å²) in [5.41, 5.74) is 1.01. The topological polar surface area (TPSA) is 53.1 Å². The standard InChI is InChI=1S/C16H23N5/c1-12(21(3)4)11-18-15-10-14(17-2)19-16(20-15)13-8-6-5-7-9-13/h5-10,12H,11H2,1-4H3,(H2,17,18,19,20). The normalized spacial score (nSPS) is 12.2. The van der Waals surface area contributed by atoms with Crippen LogP contribution in [-0.2, 0) is 0 Å². The molecule has 21 heavy (non-hydrogen) atoms. The number of nitrogens with one attached hydrogen (secondary N) is 2. The molecule has 0 saturated heterocycles. The van der Waals surface area contributed by atoms with Crippen LogP contribution in [0.4, 0.5) is 11.6 Å². The maximum Gasteiger partial charge on any atom is 0.163 e. The maximum atomic E-state index is 4.60. The van der Waals surface area contributed by atoms with E-state index in [0.29, 0.717) is 6.04 Å². The van der Waals surface area contributed by atoms with Crippen molar-refractivity contribution in [2.45, 2.75) is 13.0 Å². The van der Waals surface area contributed by atoms with Gasteiger partial charge in [-0.05, 0) is 21.0 Å². The highest BCUT2D eigenvalue weighted by molar-refractivity contribution is 5.61. The lowest BCUT2D eigenvalue weighted by Gasteiger charge is -2.20. The summed E-state index contributed by atoms with van der Waals surface area (Å²) in [5, 5.41) is 6.46. The number of nitrogens with zero attached hydrogens (tertiary/aromatic N) is 3. The Bertz CT molecular complexity index is 568. The van der Waals surface area contributed by atoms with E-state index >= 15 is 0 Å². The predicted octanol–water partition coefficient (Wildman–Crippen LogP) is 2.55. The summed E-state index contributed by atoms with van der Waals surface area (Å²) in [7, 11) is 6.00. The summed E-state index contributed by atoms with van der Waals surface area (Å²) in [6.07, 6.45) is 0. The number of rotatable bonds is 6. The molecule has 5 heteroatoms.